The summed E-state index contributed by atoms with van der Waals surface area (Å²) in [7, 11) is 0. The van der Waals surface area contributed by atoms with E-state index in [-0.39, 0.29) is 25.7 Å². The average molecular weight is 428 g/mol. The summed E-state index contributed by atoms with van der Waals surface area (Å²) in [4.78, 5) is 34.3. The number of aliphatic carboxylic acids is 1. The molecule has 1 aliphatic rings. The highest BCUT2D eigenvalue weighted by molar-refractivity contribution is 5.84. The number of carboxylic acid groups (broad SMARTS) is 1. The molecule has 0 radical (unpaired) electrons. The van der Waals surface area contributed by atoms with Gasteiger partial charge in [0.15, 0.2) is 0 Å². The first kappa shape index (κ1) is 22.3. The molecule has 9 heteroatoms. The van der Waals surface area contributed by atoms with Crippen LogP contribution in [0.2, 0.25) is 0 Å². The van der Waals surface area contributed by atoms with Gasteiger partial charge in [-0.3, -0.25) is 4.79 Å². The zero-order chi connectivity index (χ0) is 22.2. The fourth-order valence-electron chi connectivity index (χ4n) is 3.46. The summed E-state index contributed by atoms with van der Waals surface area (Å²) in [6.07, 6.45) is -0.596. The molecule has 0 heterocycles. The summed E-state index contributed by atoms with van der Waals surface area (Å²) < 4.78 is 10.5. The van der Waals surface area contributed by atoms with Crippen LogP contribution in [0.4, 0.5) is 4.79 Å². The first-order valence-electron chi connectivity index (χ1n) is 9.81. The summed E-state index contributed by atoms with van der Waals surface area (Å²) in [6, 6.07) is 14.7. The second-order valence-electron chi connectivity index (χ2n) is 6.95. The molecule has 0 saturated carbocycles. The fraction of sp³-hybridized carbons (Fsp3) is 0.318. The van der Waals surface area contributed by atoms with E-state index in [1.54, 1.807) is 0 Å². The van der Waals surface area contributed by atoms with Crippen molar-refractivity contribution in [2.75, 3.05) is 33.0 Å². The van der Waals surface area contributed by atoms with E-state index in [0.29, 0.717) is 0 Å². The van der Waals surface area contributed by atoms with E-state index < -0.39 is 37.2 Å². The molecule has 2 amide bonds. The number of rotatable bonds is 10. The number of carbonyl (C=O) groups is 3. The molecule has 164 valence electrons. The van der Waals surface area contributed by atoms with Crippen LogP contribution in [0.15, 0.2) is 48.5 Å². The molecule has 0 aromatic heterocycles. The molecule has 0 saturated heterocycles. The second-order valence-corrected chi connectivity index (χ2v) is 6.95. The van der Waals surface area contributed by atoms with Crippen molar-refractivity contribution < 1.29 is 34.1 Å². The smallest absolute Gasteiger partial charge is 0.407 e. The minimum atomic E-state index is -1.38. The van der Waals surface area contributed by atoms with Gasteiger partial charge < -0.3 is 30.3 Å². The first-order chi connectivity index (χ1) is 15.0. The number of hydrogen-bond donors (Lipinski definition) is 4. The van der Waals surface area contributed by atoms with Gasteiger partial charge in [0.25, 0.3) is 0 Å². The van der Waals surface area contributed by atoms with E-state index in [1.165, 1.54) is 0 Å². The van der Waals surface area contributed by atoms with Crippen LogP contribution in [-0.4, -0.2) is 67.2 Å². The minimum Gasteiger partial charge on any atom is -0.480 e. The molecule has 0 fully saturated rings. The molecular weight excluding hydrogens is 404 g/mol. The van der Waals surface area contributed by atoms with Crippen LogP contribution in [0.1, 0.15) is 17.0 Å². The van der Waals surface area contributed by atoms with Gasteiger partial charge in [0.2, 0.25) is 5.91 Å². The number of fused-ring (bicyclic) bond motifs is 3. The molecule has 31 heavy (non-hydrogen) atoms. The van der Waals surface area contributed by atoms with Gasteiger partial charge in [0.1, 0.15) is 19.3 Å². The number of carbonyl (C=O) groups excluding carboxylic acids is 2. The summed E-state index contributed by atoms with van der Waals surface area (Å²) in [5.41, 5.74) is 4.53. The van der Waals surface area contributed by atoms with E-state index in [0.717, 1.165) is 22.3 Å². The number of amides is 2. The van der Waals surface area contributed by atoms with Crippen LogP contribution in [0.3, 0.4) is 0 Å². The Kier molecular flexibility index (Phi) is 7.58. The SMILES string of the molecule is O=C(COCCNC(=O)OCC1c2ccccc2-c2ccccc21)N[C@@H](CO)C(=O)O. The molecule has 2 aromatic rings. The van der Waals surface area contributed by atoms with Crippen molar-refractivity contribution in [2.45, 2.75) is 12.0 Å². The standard InChI is InChI=1S/C22H24N2O7/c25-11-19(21(27)28)24-20(26)13-30-10-9-23-22(29)31-12-18-16-7-3-1-5-14(16)15-6-2-4-8-17(15)18/h1-8,18-19,25H,9-13H2,(H,23,29)(H,24,26)(H,27,28)/t19-/m0/s1. The van der Waals surface area contributed by atoms with Crippen molar-refractivity contribution in [1.82, 2.24) is 10.6 Å². The van der Waals surface area contributed by atoms with E-state index in [1.807, 2.05) is 36.4 Å². The van der Waals surface area contributed by atoms with E-state index in [2.05, 4.69) is 22.8 Å². The topological polar surface area (TPSA) is 134 Å². The van der Waals surface area contributed by atoms with Crippen molar-refractivity contribution in [1.29, 1.82) is 0 Å². The molecule has 0 unspecified atom stereocenters. The van der Waals surface area contributed by atoms with Crippen molar-refractivity contribution >= 4 is 18.0 Å². The molecule has 3 rings (SSSR count). The molecule has 0 bridgehead atoms. The maximum atomic E-state index is 12.0. The monoisotopic (exact) mass is 428 g/mol. The third-order valence-electron chi connectivity index (χ3n) is 4.91. The Bertz CT molecular complexity index is 901. The highest BCUT2D eigenvalue weighted by Crippen LogP contribution is 2.44. The number of ether oxygens (including phenoxy) is 2. The number of nitrogens with one attached hydrogen (secondary N) is 2. The van der Waals surface area contributed by atoms with Gasteiger partial charge in [-0.25, -0.2) is 9.59 Å². The number of carboxylic acids is 1. The van der Waals surface area contributed by atoms with Crippen LogP contribution in [0, 0.1) is 0 Å². The number of alkyl carbamates (subject to hydrolysis) is 1. The Balaban J connectivity index is 1.39. The largest absolute Gasteiger partial charge is 0.480 e. The third-order valence-corrected chi connectivity index (χ3v) is 4.91. The van der Waals surface area contributed by atoms with Crippen molar-refractivity contribution in [2.24, 2.45) is 0 Å². The summed E-state index contributed by atoms with van der Waals surface area (Å²) >= 11 is 0. The van der Waals surface area contributed by atoms with Crippen LogP contribution < -0.4 is 10.6 Å². The molecule has 9 nitrogen and oxygen atoms in total. The number of aliphatic hydroxyl groups is 1. The Morgan fingerprint density at radius 3 is 2.19 bits per heavy atom. The number of benzene rings is 2. The normalized spacial score (nSPS) is 13.1. The maximum Gasteiger partial charge on any atom is 0.407 e. The molecule has 2 aromatic carbocycles. The first-order valence-corrected chi connectivity index (χ1v) is 9.81. The lowest BCUT2D eigenvalue weighted by atomic mass is 9.98. The van der Waals surface area contributed by atoms with Gasteiger partial charge >= 0.3 is 12.1 Å². The van der Waals surface area contributed by atoms with E-state index in [4.69, 9.17) is 19.7 Å². The molecule has 1 aliphatic carbocycles. The molecule has 0 spiro atoms. The molecule has 1 atom stereocenters. The highest BCUT2D eigenvalue weighted by atomic mass is 16.5. The lowest BCUT2D eigenvalue weighted by Gasteiger charge is -2.14. The van der Waals surface area contributed by atoms with Gasteiger partial charge in [-0.2, -0.15) is 0 Å². The zero-order valence-corrected chi connectivity index (χ0v) is 16.7. The van der Waals surface area contributed by atoms with Crippen molar-refractivity contribution in [3.05, 3.63) is 59.7 Å². The highest BCUT2D eigenvalue weighted by Gasteiger charge is 2.28. The van der Waals surface area contributed by atoms with E-state index in [9.17, 15) is 14.4 Å². The predicted molar refractivity (Wildman–Crippen MR) is 111 cm³/mol. The fourth-order valence-corrected chi connectivity index (χ4v) is 3.46. The van der Waals surface area contributed by atoms with Crippen molar-refractivity contribution in [3.63, 3.8) is 0 Å². The lowest BCUT2D eigenvalue weighted by Crippen LogP contribution is -2.45. The van der Waals surface area contributed by atoms with Gasteiger partial charge in [0, 0.05) is 12.5 Å². The Morgan fingerprint density at radius 2 is 1.61 bits per heavy atom. The van der Waals surface area contributed by atoms with Gasteiger partial charge in [-0.1, -0.05) is 48.5 Å². The second kappa shape index (κ2) is 10.6. The molecule has 4 N–H and O–H groups in total. The zero-order valence-electron chi connectivity index (χ0n) is 16.7. The molecule has 0 aliphatic heterocycles. The lowest BCUT2D eigenvalue weighted by molar-refractivity contribution is -0.143. The summed E-state index contributed by atoms with van der Waals surface area (Å²) in [5, 5.41) is 22.3. The van der Waals surface area contributed by atoms with Crippen molar-refractivity contribution in [3.8, 4) is 11.1 Å². The average Bonchev–Trinajstić information content (AvgIpc) is 3.09. The summed E-state index contributed by atoms with van der Waals surface area (Å²) in [6.45, 7) is -0.762. The van der Waals surface area contributed by atoms with Crippen LogP contribution in [0.25, 0.3) is 11.1 Å². The van der Waals surface area contributed by atoms with E-state index >= 15 is 0 Å². The van der Waals surface area contributed by atoms with Crippen LogP contribution in [-0.2, 0) is 19.1 Å². The van der Waals surface area contributed by atoms with Crippen LogP contribution >= 0.6 is 0 Å². The number of hydrogen-bond acceptors (Lipinski definition) is 6. The Morgan fingerprint density at radius 1 is 1.00 bits per heavy atom. The minimum absolute atomic E-state index is 0.0354. The van der Waals surface area contributed by atoms with Crippen LogP contribution in [0.5, 0.6) is 0 Å². The third kappa shape index (κ3) is 5.59. The predicted octanol–water partition coefficient (Wildman–Crippen LogP) is 1.10. The van der Waals surface area contributed by atoms with Gasteiger partial charge in [-0.15, -0.1) is 0 Å². The number of aliphatic hydroxyl groups excluding tert-OH is 1. The summed E-state index contributed by atoms with van der Waals surface area (Å²) in [5.74, 6) is -2.05. The Labute approximate surface area is 179 Å². The maximum absolute atomic E-state index is 12.0. The molecular formula is C22H24N2O7. The van der Waals surface area contributed by atoms with Gasteiger partial charge in [0.05, 0.1) is 13.2 Å². The Hall–Kier alpha value is -3.43. The quantitative estimate of drug-likeness (QED) is 0.416. The van der Waals surface area contributed by atoms with Gasteiger partial charge in [-0.05, 0) is 22.3 Å².